The highest BCUT2D eigenvalue weighted by molar-refractivity contribution is 7.89. The fourth-order valence-corrected chi connectivity index (χ4v) is 3.25. The molecule has 0 aliphatic carbocycles. The summed E-state index contributed by atoms with van der Waals surface area (Å²) in [6.45, 7) is 1.80. The number of sulfonamides is 1. The highest BCUT2D eigenvalue weighted by Crippen LogP contribution is 2.29. The number of rotatable bonds is 5. The first-order valence-corrected chi connectivity index (χ1v) is 7.27. The highest BCUT2D eigenvalue weighted by Gasteiger charge is 2.25. The fraction of sp³-hybridized carbons (Fsp3) is 0.455. The number of hydrogen-bond acceptors (Lipinski definition) is 4. The van der Waals surface area contributed by atoms with Gasteiger partial charge in [-0.25, -0.2) is 12.7 Å². The summed E-state index contributed by atoms with van der Waals surface area (Å²) >= 11 is 5.89. The van der Waals surface area contributed by atoms with Crippen LogP contribution in [0.25, 0.3) is 0 Å². The van der Waals surface area contributed by atoms with E-state index in [2.05, 4.69) is 0 Å². The molecule has 1 unspecified atom stereocenters. The van der Waals surface area contributed by atoms with E-state index in [4.69, 9.17) is 17.3 Å². The molecule has 0 spiro atoms. The van der Waals surface area contributed by atoms with Crippen LogP contribution in [0.2, 0.25) is 5.02 Å². The lowest BCUT2D eigenvalue weighted by molar-refractivity contribution is 0.177. The van der Waals surface area contributed by atoms with Gasteiger partial charge in [-0.3, -0.25) is 0 Å². The second kappa shape index (κ2) is 5.88. The topological polar surface area (TPSA) is 83.6 Å². The van der Waals surface area contributed by atoms with Gasteiger partial charge >= 0.3 is 0 Å². The number of anilines is 1. The number of nitrogen functional groups attached to an aromatic ring is 1. The van der Waals surface area contributed by atoms with E-state index in [1.807, 2.05) is 0 Å². The molecular weight excluding hydrogens is 276 g/mol. The minimum Gasteiger partial charge on any atom is -0.398 e. The minimum atomic E-state index is -3.73. The number of aliphatic hydroxyl groups excluding tert-OH is 1. The number of nitrogens with zero attached hydrogens (tertiary/aromatic N) is 1. The van der Waals surface area contributed by atoms with E-state index >= 15 is 0 Å². The van der Waals surface area contributed by atoms with Crippen LogP contribution in [0.5, 0.6) is 0 Å². The van der Waals surface area contributed by atoms with Gasteiger partial charge in [-0.2, -0.15) is 0 Å². The Labute approximate surface area is 112 Å². The third-order valence-corrected chi connectivity index (χ3v) is 4.93. The summed E-state index contributed by atoms with van der Waals surface area (Å²) < 4.78 is 25.7. The van der Waals surface area contributed by atoms with E-state index < -0.39 is 16.1 Å². The van der Waals surface area contributed by atoms with Gasteiger partial charge in [0, 0.05) is 13.6 Å². The van der Waals surface area contributed by atoms with E-state index in [-0.39, 0.29) is 22.2 Å². The van der Waals surface area contributed by atoms with Crippen LogP contribution in [0, 0.1) is 0 Å². The molecule has 18 heavy (non-hydrogen) atoms. The molecule has 102 valence electrons. The molecule has 0 saturated carbocycles. The Bertz CT molecular complexity index is 497. The van der Waals surface area contributed by atoms with Gasteiger partial charge in [-0.1, -0.05) is 17.7 Å². The van der Waals surface area contributed by atoms with Crippen molar-refractivity contribution in [1.29, 1.82) is 0 Å². The number of halogens is 1. The van der Waals surface area contributed by atoms with Crippen LogP contribution in [-0.2, 0) is 10.0 Å². The summed E-state index contributed by atoms with van der Waals surface area (Å²) in [4.78, 5) is -0.0836. The van der Waals surface area contributed by atoms with Crippen molar-refractivity contribution in [1.82, 2.24) is 4.31 Å². The Morgan fingerprint density at radius 3 is 2.61 bits per heavy atom. The summed E-state index contributed by atoms with van der Waals surface area (Å²) in [7, 11) is -2.30. The first-order chi connectivity index (χ1) is 8.26. The molecule has 0 radical (unpaired) electrons. The largest absolute Gasteiger partial charge is 0.398 e. The summed E-state index contributed by atoms with van der Waals surface area (Å²) in [5.74, 6) is 0. The summed E-state index contributed by atoms with van der Waals surface area (Å²) in [6, 6.07) is 4.56. The van der Waals surface area contributed by atoms with Crippen LogP contribution >= 0.6 is 11.6 Å². The molecule has 0 heterocycles. The van der Waals surface area contributed by atoms with Crippen LogP contribution in [0.3, 0.4) is 0 Å². The Morgan fingerprint density at radius 1 is 1.50 bits per heavy atom. The molecule has 0 saturated heterocycles. The quantitative estimate of drug-likeness (QED) is 0.802. The van der Waals surface area contributed by atoms with Crippen LogP contribution in [0.1, 0.15) is 13.3 Å². The smallest absolute Gasteiger partial charge is 0.246 e. The number of nitrogens with two attached hydrogens (primary N) is 1. The van der Waals surface area contributed by atoms with Gasteiger partial charge in [0.2, 0.25) is 10.0 Å². The lowest BCUT2D eigenvalue weighted by Gasteiger charge is -2.19. The predicted molar refractivity (Wildman–Crippen MR) is 72.0 cm³/mol. The third-order valence-electron chi connectivity index (χ3n) is 2.53. The maximum atomic E-state index is 12.3. The summed E-state index contributed by atoms with van der Waals surface area (Å²) in [5.41, 5.74) is 5.78. The zero-order valence-electron chi connectivity index (χ0n) is 10.3. The first kappa shape index (κ1) is 15.2. The average molecular weight is 293 g/mol. The number of benzene rings is 1. The zero-order valence-corrected chi connectivity index (χ0v) is 11.9. The molecule has 1 aromatic carbocycles. The lowest BCUT2D eigenvalue weighted by Crippen LogP contribution is -2.30. The Hall–Kier alpha value is -0.820. The standard InChI is InChI=1S/C11H17ClN2O3S/c1-8(15)6-7-14(2)18(16,17)11-9(12)4-3-5-10(11)13/h3-5,8,15H,6-7,13H2,1-2H3. The molecule has 0 aliphatic rings. The predicted octanol–water partition coefficient (Wildman–Crippen LogP) is 1.31. The molecule has 7 heteroatoms. The van der Waals surface area contributed by atoms with Gasteiger partial charge in [-0.15, -0.1) is 0 Å². The zero-order chi connectivity index (χ0) is 13.9. The molecule has 0 aliphatic heterocycles. The number of aliphatic hydroxyl groups is 1. The van der Waals surface area contributed by atoms with Crippen molar-refractivity contribution < 1.29 is 13.5 Å². The molecular formula is C11H17ClN2O3S. The molecule has 1 rings (SSSR count). The van der Waals surface area contributed by atoms with Crippen LogP contribution in [-0.4, -0.2) is 37.5 Å². The fourth-order valence-electron chi connectivity index (χ4n) is 1.44. The van der Waals surface area contributed by atoms with Gasteiger partial charge in [-0.05, 0) is 25.5 Å². The van der Waals surface area contributed by atoms with Gasteiger partial charge in [0.1, 0.15) is 4.90 Å². The Kier molecular flexibility index (Phi) is 4.98. The van der Waals surface area contributed by atoms with Crippen molar-refractivity contribution in [2.45, 2.75) is 24.3 Å². The molecule has 5 nitrogen and oxygen atoms in total. The maximum Gasteiger partial charge on any atom is 0.246 e. The minimum absolute atomic E-state index is 0.0836. The van der Waals surface area contributed by atoms with Crippen molar-refractivity contribution in [3.8, 4) is 0 Å². The second-order valence-corrected chi connectivity index (χ2v) is 6.51. The van der Waals surface area contributed by atoms with Gasteiger partial charge < -0.3 is 10.8 Å². The summed E-state index contributed by atoms with van der Waals surface area (Å²) in [5, 5.41) is 9.27. The second-order valence-electron chi connectivity index (χ2n) is 4.12. The van der Waals surface area contributed by atoms with E-state index in [0.717, 1.165) is 4.31 Å². The van der Waals surface area contributed by atoms with E-state index in [9.17, 15) is 13.5 Å². The molecule has 0 fully saturated rings. The maximum absolute atomic E-state index is 12.3. The molecule has 1 aromatic rings. The molecule has 0 aromatic heterocycles. The molecule has 3 N–H and O–H groups in total. The van der Waals surface area contributed by atoms with Crippen LogP contribution < -0.4 is 5.73 Å². The third kappa shape index (κ3) is 3.35. The number of hydrogen-bond donors (Lipinski definition) is 2. The Morgan fingerprint density at radius 2 is 2.11 bits per heavy atom. The van der Waals surface area contributed by atoms with Crippen molar-refractivity contribution in [2.75, 3.05) is 19.3 Å². The van der Waals surface area contributed by atoms with Crippen LogP contribution in [0.4, 0.5) is 5.69 Å². The normalized spacial score (nSPS) is 13.8. The molecule has 0 bridgehead atoms. The van der Waals surface area contributed by atoms with Crippen molar-refractivity contribution in [3.05, 3.63) is 23.2 Å². The lowest BCUT2D eigenvalue weighted by atomic mass is 10.3. The SMILES string of the molecule is CC(O)CCN(C)S(=O)(=O)c1c(N)cccc1Cl. The van der Waals surface area contributed by atoms with Crippen molar-refractivity contribution in [2.24, 2.45) is 0 Å². The van der Waals surface area contributed by atoms with Gasteiger partial charge in [0.15, 0.2) is 0 Å². The first-order valence-electron chi connectivity index (χ1n) is 5.45. The van der Waals surface area contributed by atoms with Gasteiger partial charge in [0.05, 0.1) is 16.8 Å². The average Bonchev–Trinajstić information content (AvgIpc) is 2.25. The van der Waals surface area contributed by atoms with Crippen LogP contribution in [0.15, 0.2) is 23.1 Å². The highest BCUT2D eigenvalue weighted by atomic mass is 35.5. The monoisotopic (exact) mass is 292 g/mol. The van der Waals surface area contributed by atoms with E-state index in [1.54, 1.807) is 13.0 Å². The van der Waals surface area contributed by atoms with E-state index in [1.165, 1.54) is 19.2 Å². The van der Waals surface area contributed by atoms with E-state index in [0.29, 0.717) is 6.42 Å². The molecule has 0 amide bonds. The van der Waals surface area contributed by atoms with Gasteiger partial charge in [0.25, 0.3) is 0 Å². The molecule has 1 atom stereocenters. The summed E-state index contributed by atoms with van der Waals surface area (Å²) in [6.07, 6.45) is -0.216. The van der Waals surface area contributed by atoms with Crippen molar-refractivity contribution in [3.63, 3.8) is 0 Å². The van der Waals surface area contributed by atoms with Crippen molar-refractivity contribution >= 4 is 27.3 Å². The Balaban J connectivity index is 3.06.